The first-order chi connectivity index (χ1) is 16.1. The van der Waals surface area contributed by atoms with Gasteiger partial charge in [0.15, 0.2) is 16.6 Å². The zero-order valence-electron chi connectivity index (χ0n) is 18.6. The molecule has 2 aliphatic rings. The van der Waals surface area contributed by atoms with Crippen LogP contribution in [0.3, 0.4) is 0 Å². The summed E-state index contributed by atoms with van der Waals surface area (Å²) >= 11 is 7.42. The molecule has 5 rings (SSSR count). The molecule has 170 valence electrons. The number of hydrogen-bond acceptors (Lipinski definition) is 7. The van der Waals surface area contributed by atoms with Gasteiger partial charge in [-0.15, -0.1) is 11.8 Å². The number of hydrogen-bond donors (Lipinski definition) is 1. The van der Waals surface area contributed by atoms with E-state index in [-0.39, 0.29) is 12.8 Å². The number of nitrogens with zero attached hydrogens (tertiary/aromatic N) is 3. The van der Waals surface area contributed by atoms with Crippen molar-refractivity contribution in [3.63, 3.8) is 0 Å². The van der Waals surface area contributed by atoms with Crippen LogP contribution in [0.4, 0.5) is 0 Å². The summed E-state index contributed by atoms with van der Waals surface area (Å²) in [4.78, 5) is 8.07. The van der Waals surface area contributed by atoms with Crippen LogP contribution >= 0.6 is 24.0 Å². The Bertz CT molecular complexity index is 1220. The van der Waals surface area contributed by atoms with Gasteiger partial charge in [-0.2, -0.15) is 4.98 Å². The second-order valence-electron chi connectivity index (χ2n) is 7.80. The Morgan fingerprint density at radius 3 is 2.70 bits per heavy atom. The van der Waals surface area contributed by atoms with Crippen LogP contribution in [0.25, 0.3) is 17.0 Å². The molecule has 7 nitrogen and oxygen atoms in total. The molecule has 1 N–H and O–H groups in total. The Kier molecular flexibility index (Phi) is 5.99. The van der Waals surface area contributed by atoms with Gasteiger partial charge in [-0.3, -0.25) is 0 Å². The summed E-state index contributed by atoms with van der Waals surface area (Å²) in [7, 11) is 0. The molecule has 0 saturated carbocycles. The number of benzene rings is 2. The molecule has 1 aromatic heterocycles. The van der Waals surface area contributed by atoms with E-state index in [4.69, 9.17) is 31.2 Å². The van der Waals surface area contributed by atoms with Crippen molar-refractivity contribution in [2.45, 2.75) is 31.2 Å². The Hall–Kier alpha value is -3.04. The maximum absolute atomic E-state index is 5.80. The van der Waals surface area contributed by atoms with E-state index in [1.54, 1.807) is 11.8 Å². The Balaban J connectivity index is 1.56. The molecule has 2 aliphatic heterocycles. The molecule has 3 aromatic rings. The number of thiocarbonyl (C=S) groups is 1. The van der Waals surface area contributed by atoms with Crippen LogP contribution in [-0.4, -0.2) is 39.7 Å². The summed E-state index contributed by atoms with van der Waals surface area (Å²) in [6, 6.07) is 13.9. The van der Waals surface area contributed by atoms with Crippen LogP contribution in [0, 0.1) is 0 Å². The molecule has 0 saturated heterocycles. The fraction of sp³-hybridized carbons (Fsp3) is 0.292. The van der Waals surface area contributed by atoms with Gasteiger partial charge in [0.25, 0.3) is 5.89 Å². The highest BCUT2D eigenvalue weighted by molar-refractivity contribution is 7.98. The molecule has 33 heavy (non-hydrogen) atoms. The normalized spacial score (nSPS) is 17.5. The average Bonchev–Trinajstić information content (AvgIpc) is 3.50. The molecule has 0 aliphatic carbocycles. The SMILES string of the molecule is CCCN1C(=S)NC(c2ccc(SC)cc2)C(c2nc(-c3ccc4c(c3)OCO4)no2)=C1C. The predicted octanol–water partition coefficient (Wildman–Crippen LogP) is 5.26. The lowest BCUT2D eigenvalue weighted by molar-refractivity contribution is 0.174. The Morgan fingerprint density at radius 1 is 1.15 bits per heavy atom. The topological polar surface area (TPSA) is 72.7 Å². The summed E-state index contributed by atoms with van der Waals surface area (Å²) in [5.74, 6) is 2.36. The second-order valence-corrected chi connectivity index (χ2v) is 9.06. The number of nitrogens with one attached hydrogen (secondary N) is 1. The van der Waals surface area contributed by atoms with E-state index >= 15 is 0 Å². The smallest absolute Gasteiger partial charge is 0.258 e. The fourth-order valence-electron chi connectivity index (χ4n) is 4.08. The summed E-state index contributed by atoms with van der Waals surface area (Å²) in [6.45, 7) is 5.22. The summed E-state index contributed by atoms with van der Waals surface area (Å²) < 4.78 is 16.7. The Labute approximate surface area is 202 Å². The van der Waals surface area contributed by atoms with Gasteiger partial charge in [0, 0.05) is 22.7 Å². The number of thioether (sulfide) groups is 1. The van der Waals surface area contributed by atoms with Crippen LogP contribution in [0.5, 0.6) is 11.5 Å². The van der Waals surface area contributed by atoms with Crippen molar-refractivity contribution in [3.05, 3.63) is 59.6 Å². The van der Waals surface area contributed by atoms with Gasteiger partial charge >= 0.3 is 0 Å². The van der Waals surface area contributed by atoms with Crippen LogP contribution in [0.2, 0.25) is 0 Å². The van der Waals surface area contributed by atoms with Crippen LogP contribution in [0.1, 0.15) is 37.8 Å². The summed E-state index contributed by atoms with van der Waals surface area (Å²) in [6.07, 6.45) is 3.03. The quantitative estimate of drug-likeness (QED) is 0.376. The molecule has 0 fully saturated rings. The van der Waals surface area contributed by atoms with Gasteiger partial charge in [-0.25, -0.2) is 0 Å². The monoisotopic (exact) mass is 480 g/mol. The van der Waals surface area contributed by atoms with Crippen LogP contribution in [0.15, 0.2) is 57.6 Å². The third-order valence-electron chi connectivity index (χ3n) is 5.78. The summed E-state index contributed by atoms with van der Waals surface area (Å²) in [5, 5.41) is 8.46. The van der Waals surface area contributed by atoms with Gasteiger partial charge in [0.2, 0.25) is 12.6 Å². The minimum Gasteiger partial charge on any atom is -0.454 e. The lowest BCUT2D eigenvalue weighted by Crippen LogP contribution is -2.46. The molecule has 1 atom stereocenters. The average molecular weight is 481 g/mol. The van der Waals surface area contributed by atoms with Crippen LogP contribution in [-0.2, 0) is 0 Å². The second kappa shape index (κ2) is 9.07. The third-order valence-corrected chi connectivity index (χ3v) is 6.86. The van der Waals surface area contributed by atoms with Gasteiger partial charge in [-0.05, 0) is 67.7 Å². The fourth-order valence-corrected chi connectivity index (χ4v) is 4.84. The first-order valence-electron chi connectivity index (χ1n) is 10.8. The molecule has 0 amide bonds. The molecule has 3 heterocycles. The van der Waals surface area contributed by atoms with Gasteiger partial charge in [0.05, 0.1) is 11.6 Å². The Morgan fingerprint density at radius 2 is 1.94 bits per heavy atom. The zero-order chi connectivity index (χ0) is 22.9. The maximum atomic E-state index is 5.80. The van der Waals surface area contributed by atoms with Crippen molar-refractivity contribution in [3.8, 4) is 22.9 Å². The minimum absolute atomic E-state index is 0.188. The number of ether oxygens (including phenoxy) is 2. The minimum atomic E-state index is -0.188. The van der Waals surface area contributed by atoms with Crippen molar-refractivity contribution < 1.29 is 14.0 Å². The van der Waals surface area contributed by atoms with E-state index in [9.17, 15) is 0 Å². The molecule has 0 spiro atoms. The van der Waals surface area contributed by atoms with Gasteiger partial charge < -0.3 is 24.2 Å². The van der Waals surface area contributed by atoms with Crippen LogP contribution < -0.4 is 14.8 Å². The third kappa shape index (κ3) is 4.06. The largest absolute Gasteiger partial charge is 0.454 e. The van der Waals surface area contributed by atoms with Gasteiger partial charge in [-0.1, -0.05) is 24.2 Å². The van der Waals surface area contributed by atoms with E-state index in [1.165, 1.54) is 4.90 Å². The number of aromatic nitrogens is 2. The van der Waals surface area contributed by atoms with E-state index < -0.39 is 0 Å². The highest BCUT2D eigenvalue weighted by Gasteiger charge is 2.34. The van der Waals surface area contributed by atoms with Crippen molar-refractivity contribution in [1.82, 2.24) is 20.4 Å². The maximum Gasteiger partial charge on any atom is 0.258 e. The van der Waals surface area contributed by atoms with E-state index in [2.05, 4.69) is 59.7 Å². The molecular formula is C24H24N4O3S2. The van der Waals surface area contributed by atoms with Gasteiger partial charge in [0.1, 0.15) is 0 Å². The lowest BCUT2D eigenvalue weighted by atomic mass is 9.95. The highest BCUT2D eigenvalue weighted by Crippen LogP contribution is 2.39. The molecule has 9 heteroatoms. The lowest BCUT2D eigenvalue weighted by Gasteiger charge is -2.37. The standard InChI is InChI=1S/C24H24N4O3S2/c1-4-11-28-14(2)20(21(25-24(28)32)15-5-8-17(33-3)9-6-15)23-26-22(27-31-23)16-7-10-18-19(12-16)30-13-29-18/h5-10,12,21H,4,11,13H2,1-3H3,(H,25,32). The van der Waals surface area contributed by atoms with Crippen molar-refractivity contribution in [1.29, 1.82) is 0 Å². The van der Waals surface area contributed by atoms with Crippen molar-refractivity contribution in [2.24, 2.45) is 0 Å². The van der Waals surface area contributed by atoms with E-state index in [0.717, 1.165) is 41.1 Å². The first kappa shape index (κ1) is 21.8. The molecule has 1 unspecified atom stereocenters. The molecule has 0 bridgehead atoms. The predicted molar refractivity (Wildman–Crippen MR) is 132 cm³/mol. The molecule has 0 radical (unpaired) electrons. The van der Waals surface area contributed by atoms with E-state index in [0.29, 0.717) is 22.6 Å². The molecular weight excluding hydrogens is 456 g/mol. The number of allylic oxidation sites excluding steroid dienone is 1. The summed E-state index contributed by atoms with van der Waals surface area (Å²) in [5.41, 5.74) is 3.83. The highest BCUT2D eigenvalue weighted by atomic mass is 32.2. The number of rotatable bonds is 6. The first-order valence-corrected chi connectivity index (χ1v) is 12.4. The molecule has 2 aromatic carbocycles. The van der Waals surface area contributed by atoms with Crippen molar-refractivity contribution >= 4 is 34.7 Å². The van der Waals surface area contributed by atoms with E-state index in [1.807, 2.05) is 18.2 Å². The number of fused-ring (bicyclic) bond motifs is 1. The zero-order valence-corrected chi connectivity index (χ0v) is 20.3. The van der Waals surface area contributed by atoms with Crippen molar-refractivity contribution in [2.75, 3.05) is 19.6 Å².